The zero-order valence-electron chi connectivity index (χ0n) is 12.2. The van der Waals surface area contributed by atoms with Gasteiger partial charge in [0.15, 0.2) is 0 Å². The lowest BCUT2D eigenvalue weighted by molar-refractivity contribution is -0.146. The Labute approximate surface area is 119 Å². The van der Waals surface area contributed by atoms with Crippen molar-refractivity contribution in [3.8, 4) is 5.75 Å². The van der Waals surface area contributed by atoms with Crippen LogP contribution in [0.5, 0.6) is 5.75 Å². The van der Waals surface area contributed by atoms with Gasteiger partial charge < -0.3 is 15.2 Å². The number of rotatable bonds is 7. The van der Waals surface area contributed by atoms with Gasteiger partial charge in [0.25, 0.3) is 0 Å². The number of carbonyl (C=O) groups is 1. The van der Waals surface area contributed by atoms with E-state index in [2.05, 4.69) is 4.74 Å². The van der Waals surface area contributed by atoms with Crippen molar-refractivity contribution in [1.82, 2.24) is 0 Å². The summed E-state index contributed by atoms with van der Waals surface area (Å²) in [7, 11) is 1.33. The highest BCUT2D eigenvalue weighted by Crippen LogP contribution is 2.19. The molecule has 20 heavy (non-hydrogen) atoms. The second kappa shape index (κ2) is 7.24. The molecule has 1 unspecified atom stereocenters. The highest BCUT2D eigenvalue weighted by Gasteiger charge is 2.28. The van der Waals surface area contributed by atoms with Crippen LogP contribution in [0.1, 0.15) is 31.7 Å². The van der Waals surface area contributed by atoms with Crippen LogP contribution in [0.15, 0.2) is 18.2 Å². The van der Waals surface area contributed by atoms with E-state index in [1.165, 1.54) is 19.2 Å². The molecule has 1 aromatic rings. The first-order valence-electron chi connectivity index (χ1n) is 6.63. The Balaban J connectivity index is 2.30. The van der Waals surface area contributed by atoms with E-state index < -0.39 is 11.5 Å². The summed E-state index contributed by atoms with van der Waals surface area (Å²) in [5.41, 5.74) is 5.66. The first kappa shape index (κ1) is 16.4. The monoisotopic (exact) mass is 283 g/mol. The van der Waals surface area contributed by atoms with E-state index >= 15 is 0 Å². The second-order valence-corrected chi connectivity index (χ2v) is 5.12. The Bertz CT molecular complexity index is 460. The van der Waals surface area contributed by atoms with Crippen LogP contribution < -0.4 is 10.5 Å². The largest absolute Gasteiger partial charge is 0.493 e. The molecule has 0 saturated heterocycles. The van der Waals surface area contributed by atoms with Gasteiger partial charge in [0.2, 0.25) is 0 Å². The van der Waals surface area contributed by atoms with Gasteiger partial charge in [0, 0.05) is 0 Å². The third-order valence-corrected chi connectivity index (χ3v) is 3.14. The van der Waals surface area contributed by atoms with Crippen LogP contribution >= 0.6 is 0 Å². The lowest BCUT2D eigenvalue weighted by Crippen LogP contribution is -2.45. The molecule has 1 rings (SSSR count). The summed E-state index contributed by atoms with van der Waals surface area (Å²) in [5, 5.41) is 0. The molecule has 2 N–H and O–H groups in total. The number of halogens is 1. The van der Waals surface area contributed by atoms with Crippen LogP contribution in [0, 0.1) is 12.7 Å². The van der Waals surface area contributed by atoms with Crippen LogP contribution in [-0.4, -0.2) is 25.2 Å². The van der Waals surface area contributed by atoms with E-state index in [-0.39, 0.29) is 5.82 Å². The van der Waals surface area contributed by atoms with Crippen LogP contribution in [0.25, 0.3) is 0 Å². The molecule has 1 aromatic carbocycles. The highest BCUT2D eigenvalue weighted by molar-refractivity contribution is 5.79. The molecule has 0 aliphatic heterocycles. The number of hydrogen-bond acceptors (Lipinski definition) is 4. The molecule has 0 radical (unpaired) electrons. The first-order chi connectivity index (χ1) is 9.36. The molecule has 5 heteroatoms. The summed E-state index contributed by atoms with van der Waals surface area (Å²) >= 11 is 0. The number of ether oxygens (including phenoxy) is 2. The van der Waals surface area contributed by atoms with Crippen LogP contribution in [-0.2, 0) is 9.53 Å². The van der Waals surface area contributed by atoms with Crippen molar-refractivity contribution in [2.24, 2.45) is 5.73 Å². The molecule has 0 heterocycles. The summed E-state index contributed by atoms with van der Waals surface area (Å²) in [6.45, 7) is 3.96. The number of nitrogens with two attached hydrogens (primary N) is 1. The van der Waals surface area contributed by atoms with E-state index in [0.29, 0.717) is 18.8 Å². The maximum Gasteiger partial charge on any atom is 0.325 e. The van der Waals surface area contributed by atoms with Crippen molar-refractivity contribution in [2.45, 2.75) is 38.6 Å². The fourth-order valence-electron chi connectivity index (χ4n) is 1.89. The average Bonchev–Trinajstić information content (AvgIpc) is 2.39. The minimum atomic E-state index is -0.958. The fraction of sp³-hybridized carbons (Fsp3) is 0.533. The summed E-state index contributed by atoms with van der Waals surface area (Å²) in [6.07, 6.45) is 2.05. The molecular weight excluding hydrogens is 261 g/mol. The molecule has 0 saturated carbocycles. The number of unbranched alkanes of at least 4 members (excludes halogenated alkanes) is 1. The molecule has 0 spiro atoms. The third kappa shape index (κ3) is 4.81. The molecule has 0 amide bonds. The number of carbonyl (C=O) groups excluding carboxylic acids is 1. The smallest absolute Gasteiger partial charge is 0.325 e. The van der Waals surface area contributed by atoms with E-state index in [9.17, 15) is 9.18 Å². The van der Waals surface area contributed by atoms with E-state index in [1.807, 2.05) is 0 Å². The fourth-order valence-corrected chi connectivity index (χ4v) is 1.89. The Hall–Kier alpha value is -1.62. The Morgan fingerprint density at radius 2 is 2.10 bits per heavy atom. The van der Waals surface area contributed by atoms with Gasteiger partial charge in [-0.15, -0.1) is 0 Å². The van der Waals surface area contributed by atoms with Crippen molar-refractivity contribution in [3.05, 3.63) is 29.6 Å². The van der Waals surface area contributed by atoms with Crippen molar-refractivity contribution in [3.63, 3.8) is 0 Å². The number of hydrogen-bond donors (Lipinski definition) is 1. The van der Waals surface area contributed by atoms with E-state index in [1.54, 1.807) is 19.9 Å². The van der Waals surface area contributed by atoms with Gasteiger partial charge in [-0.05, 0) is 56.9 Å². The van der Waals surface area contributed by atoms with Crippen molar-refractivity contribution in [2.75, 3.05) is 13.7 Å². The topological polar surface area (TPSA) is 61.5 Å². The lowest BCUT2D eigenvalue weighted by atomic mass is 9.96. The molecule has 1 atom stereocenters. The van der Waals surface area contributed by atoms with Crippen molar-refractivity contribution >= 4 is 5.97 Å². The summed E-state index contributed by atoms with van der Waals surface area (Å²) in [4.78, 5) is 11.4. The maximum atomic E-state index is 12.9. The molecule has 0 fully saturated rings. The minimum absolute atomic E-state index is 0.271. The van der Waals surface area contributed by atoms with Gasteiger partial charge in [0.1, 0.15) is 17.1 Å². The number of methoxy groups -OCH3 is 1. The van der Waals surface area contributed by atoms with Gasteiger partial charge in [-0.2, -0.15) is 0 Å². The summed E-state index contributed by atoms with van der Waals surface area (Å²) in [6, 6.07) is 4.42. The zero-order chi connectivity index (χ0) is 15.2. The predicted octanol–water partition coefficient (Wildman–Crippen LogP) is 2.57. The van der Waals surface area contributed by atoms with Crippen molar-refractivity contribution < 1.29 is 18.7 Å². The third-order valence-electron chi connectivity index (χ3n) is 3.14. The van der Waals surface area contributed by atoms with Gasteiger partial charge in [-0.3, -0.25) is 4.79 Å². The molecule has 0 aliphatic carbocycles. The normalized spacial score (nSPS) is 13.7. The Kier molecular flexibility index (Phi) is 5.95. The van der Waals surface area contributed by atoms with Crippen LogP contribution in [0.3, 0.4) is 0 Å². The second-order valence-electron chi connectivity index (χ2n) is 5.12. The quantitative estimate of drug-likeness (QED) is 0.617. The highest BCUT2D eigenvalue weighted by atomic mass is 19.1. The van der Waals surface area contributed by atoms with Gasteiger partial charge in [-0.25, -0.2) is 4.39 Å². The number of benzene rings is 1. The standard InChI is InChI=1S/C15H22FNO3/c1-11-10-12(16)6-7-13(11)20-9-5-4-8-15(2,17)14(18)19-3/h6-7,10H,4-5,8-9,17H2,1-3H3. The van der Waals surface area contributed by atoms with E-state index in [4.69, 9.17) is 10.5 Å². The minimum Gasteiger partial charge on any atom is -0.493 e. The Morgan fingerprint density at radius 3 is 2.70 bits per heavy atom. The SMILES string of the molecule is COC(=O)C(C)(N)CCCCOc1ccc(F)cc1C. The van der Waals surface area contributed by atoms with Crippen LogP contribution in [0.4, 0.5) is 4.39 Å². The van der Waals surface area contributed by atoms with Crippen molar-refractivity contribution in [1.29, 1.82) is 0 Å². The summed E-state index contributed by atoms with van der Waals surface area (Å²) < 4.78 is 23.1. The Morgan fingerprint density at radius 1 is 1.40 bits per heavy atom. The van der Waals surface area contributed by atoms with Gasteiger partial charge >= 0.3 is 5.97 Å². The van der Waals surface area contributed by atoms with Gasteiger partial charge in [-0.1, -0.05) is 0 Å². The molecule has 4 nitrogen and oxygen atoms in total. The van der Waals surface area contributed by atoms with Gasteiger partial charge in [0.05, 0.1) is 13.7 Å². The molecule has 0 aromatic heterocycles. The number of aryl methyl sites for hydroxylation is 1. The maximum absolute atomic E-state index is 12.9. The average molecular weight is 283 g/mol. The molecule has 0 aliphatic rings. The predicted molar refractivity (Wildman–Crippen MR) is 75.1 cm³/mol. The molecule has 112 valence electrons. The molecular formula is C15H22FNO3. The van der Waals surface area contributed by atoms with Crippen LogP contribution in [0.2, 0.25) is 0 Å². The molecule has 0 bridgehead atoms. The zero-order valence-corrected chi connectivity index (χ0v) is 12.2. The number of esters is 1. The summed E-state index contributed by atoms with van der Waals surface area (Å²) in [5.74, 6) is -0.00509. The first-order valence-corrected chi connectivity index (χ1v) is 6.63. The lowest BCUT2D eigenvalue weighted by Gasteiger charge is -2.21. The van der Waals surface area contributed by atoms with E-state index in [0.717, 1.165) is 18.4 Å².